The van der Waals surface area contributed by atoms with Gasteiger partial charge >= 0.3 is 11.9 Å². The molecule has 0 saturated carbocycles. The lowest BCUT2D eigenvalue weighted by atomic mass is 10.0. The Morgan fingerprint density at radius 2 is 1.33 bits per heavy atom. The lowest BCUT2D eigenvalue weighted by molar-refractivity contribution is -0.305. The van der Waals surface area contributed by atoms with Crippen LogP contribution in [0.5, 0.6) is 0 Å². The third-order valence-corrected chi connectivity index (χ3v) is 6.50. The highest BCUT2D eigenvalue weighted by Gasteiger charge is 2.21. The zero-order chi connectivity index (χ0) is 32.8. The molecule has 252 valence electrons. The number of aliphatic hydroxyl groups excluding tert-OH is 1. The minimum atomic E-state index is -4.60. The molecule has 0 radical (unpaired) electrons. The van der Waals surface area contributed by atoms with Crippen LogP contribution in [0.2, 0.25) is 0 Å². The van der Waals surface area contributed by atoms with Crippen LogP contribution in [-0.4, -0.2) is 75.6 Å². The van der Waals surface area contributed by atoms with Crippen molar-refractivity contribution in [3.63, 3.8) is 0 Å². The fourth-order valence-electron chi connectivity index (χ4n) is 3.31. The first-order chi connectivity index (χ1) is 19.8. The largest absolute Gasteiger partial charge is 0.726 e. The minimum absolute atomic E-state index is 0.0258. The third-order valence-electron chi connectivity index (χ3n) is 6.05. The normalized spacial score (nSPS) is 13.0. The van der Waals surface area contributed by atoms with Gasteiger partial charge in [0.05, 0.1) is 52.0 Å². The maximum Gasteiger partial charge on any atom is 0.309 e. The van der Waals surface area contributed by atoms with Crippen LogP contribution in [0.25, 0.3) is 0 Å². The monoisotopic (exact) mass is 628 g/mol. The predicted octanol–water partition coefficient (Wildman–Crippen LogP) is 3.54. The molecule has 0 fully saturated rings. The van der Waals surface area contributed by atoms with E-state index in [4.69, 9.17) is 14.6 Å². The van der Waals surface area contributed by atoms with Gasteiger partial charge in [-0.2, -0.15) is 0 Å². The molecule has 0 aliphatic rings. The summed E-state index contributed by atoms with van der Waals surface area (Å²) in [7, 11) is -4.60. The van der Waals surface area contributed by atoms with Crippen LogP contribution < -0.4 is 5.11 Å². The second-order valence-electron chi connectivity index (χ2n) is 9.94. The van der Waals surface area contributed by atoms with Gasteiger partial charge in [-0.3, -0.25) is 13.8 Å². The summed E-state index contributed by atoms with van der Waals surface area (Å²) >= 11 is 0. The number of carboxylic acid groups (broad SMARTS) is 1. The zero-order valence-electron chi connectivity index (χ0n) is 26.6. The maximum atomic E-state index is 12.1. The van der Waals surface area contributed by atoms with Crippen molar-refractivity contribution in [1.82, 2.24) is 0 Å². The molecule has 0 aliphatic carbocycles. The van der Waals surface area contributed by atoms with E-state index in [0.717, 1.165) is 51.4 Å². The van der Waals surface area contributed by atoms with Crippen LogP contribution in [0, 0.1) is 17.8 Å². The van der Waals surface area contributed by atoms with E-state index in [9.17, 15) is 32.5 Å². The van der Waals surface area contributed by atoms with Gasteiger partial charge in [-0.25, -0.2) is 8.42 Å². The molecule has 13 heteroatoms. The van der Waals surface area contributed by atoms with E-state index in [2.05, 4.69) is 36.6 Å². The molecule has 0 aliphatic heterocycles. The fraction of sp³-hybridized carbons (Fsp3) is 0.897. The molecule has 42 heavy (non-hydrogen) atoms. The van der Waals surface area contributed by atoms with E-state index in [-0.39, 0.29) is 51.2 Å². The smallest absolute Gasteiger partial charge is 0.309 e. The van der Waals surface area contributed by atoms with E-state index in [1.54, 1.807) is 13.8 Å². The van der Waals surface area contributed by atoms with Crippen LogP contribution in [-0.2, 0) is 43.2 Å². The summed E-state index contributed by atoms with van der Waals surface area (Å²) in [5.41, 5.74) is 0. The summed E-state index contributed by atoms with van der Waals surface area (Å²) in [6.45, 7) is 12.7. The SMILES string of the molecule is CCCC(=O)[O-].CCCCC(CC)COC(=O)CC(C)C(=O)OCC(CC)CCCC.O=S(=O)([O-])OCCOCCO. The quantitative estimate of drug-likeness (QED) is 0.0751. The van der Waals surface area contributed by atoms with Gasteiger partial charge in [-0.15, -0.1) is 0 Å². The number of aliphatic carboxylic acids is 1. The summed E-state index contributed by atoms with van der Waals surface area (Å²) in [4.78, 5) is 33.5. The number of esters is 2. The molecule has 0 spiro atoms. The van der Waals surface area contributed by atoms with Crippen LogP contribution in [0.15, 0.2) is 0 Å². The molecule has 0 bridgehead atoms. The molecule has 3 unspecified atom stereocenters. The highest BCUT2D eigenvalue weighted by Crippen LogP contribution is 2.16. The summed E-state index contributed by atoms with van der Waals surface area (Å²) < 4.78 is 48.5. The highest BCUT2D eigenvalue weighted by atomic mass is 32.3. The Balaban J connectivity index is -0.000000731. The standard InChI is InChI=1S/C21H40O4.C4H10O6S.C4H8O2/c1-6-10-12-18(8-3)15-24-20(22)14-17(5)21(23)25-16-19(9-4)13-11-7-2;5-1-2-9-3-4-10-11(6,7)8;1-2-3-4(5)6/h17-19H,6-16H2,1-5H3;5H,1-4H2,(H,6,7,8);2-3H2,1H3,(H,5,6)/p-2. The van der Waals surface area contributed by atoms with Crippen molar-refractivity contribution in [2.75, 3.05) is 39.6 Å². The molecule has 0 heterocycles. The lowest BCUT2D eigenvalue weighted by Crippen LogP contribution is -2.23. The second-order valence-corrected chi connectivity index (χ2v) is 11.0. The van der Waals surface area contributed by atoms with Crippen molar-refractivity contribution in [2.45, 2.75) is 112 Å². The molecule has 0 aromatic rings. The van der Waals surface area contributed by atoms with E-state index >= 15 is 0 Å². The number of carboxylic acids is 1. The fourth-order valence-corrected chi connectivity index (χ4v) is 3.58. The Labute approximate surface area is 253 Å². The Bertz CT molecular complexity index is 758. The van der Waals surface area contributed by atoms with E-state index < -0.39 is 22.3 Å². The van der Waals surface area contributed by atoms with Gasteiger partial charge in [-0.05, 0) is 31.1 Å². The number of unbranched alkanes of at least 4 members (excludes halogenated alkanes) is 2. The molecule has 0 aromatic heterocycles. The third kappa shape index (κ3) is 34.4. The first-order valence-corrected chi connectivity index (χ1v) is 16.5. The van der Waals surface area contributed by atoms with Gasteiger partial charge in [-0.1, -0.05) is 86.5 Å². The number of aliphatic hydroxyl groups is 1. The topological polar surface area (TPSA) is 189 Å². The number of carbonyl (C=O) groups is 3. The Morgan fingerprint density at radius 1 is 0.810 bits per heavy atom. The number of carbonyl (C=O) groups excluding carboxylic acids is 3. The summed E-state index contributed by atoms with van der Waals surface area (Å²) in [6, 6.07) is 0. The molecule has 3 atom stereocenters. The predicted molar refractivity (Wildman–Crippen MR) is 156 cm³/mol. The summed E-state index contributed by atoms with van der Waals surface area (Å²) in [5, 5.41) is 17.7. The van der Waals surface area contributed by atoms with E-state index in [1.165, 1.54) is 0 Å². The van der Waals surface area contributed by atoms with Crippen molar-refractivity contribution >= 4 is 28.3 Å². The molecule has 0 amide bonds. The van der Waals surface area contributed by atoms with Gasteiger partial charge in [0.1, 0.15) is 0 Å². The number of rotatable bonds is 23. The molecular formula is C29H56O12S-2. The maximum absolute atomic E-state index is 12.1. The molecule has 1 N–H and O–H groups in total. The number of hydrogen-bond donors (Lipinski definition) is 1. The van der Waals surface area contributed by atoms with Crippen LogP contribution in [0.3, 0.4) is 0 Å². The van der Waals surface area contributed by atoms with E-state index in [1.807, 2.05) is 0 Å². The van der Waals surface area contributed by atoms with Gasteiger partial charge in [0.25, 0.3) is 0 Å². The van der Waals surface area contributed by atoms with Gasteiger partial charge < -0.3 is 33.8 Å². The van der Waals surface area contributed by atoms with Gasteiger partial charge in [0.15, 0.2) is 0 Å². The van der Waals surface area contributed by atoms with Crippen molar-refractivity contribution in [2.24, 2.45) is 17.8 Å². The van der Waals surface area contributed by atoms with Crippen molar-refractivity contribution < 1.29 is 56.0 Å². The average molecular weight is 629 g/mol. The molecule has 0 aromatic carbocycles. The van der Waals surface area contributed by atoms with Crippen molar-refractivity contribution in [3.05, 3.63) is 0 Å². The number of hydrogen-bond acceptors (Lipinski definition) is 12. The highest BCUT2D eigenvalue weighted by molar-refractivity contribution is 7.80. The van der Waals surface area contributed by atoms with Gasteiger partial charge in [0, 0.05) is 5.97 Å². The van der Waals surface area contributed by atoms with E-state index in [0.29, 0.717) is 31.5 Å². The lowest BCUT2D eigenvalue weighted by Gasteiger charge is -2.18. The first-order valence-electron chi connectivity index (χ1n) is 15.1. The summed E-state index contributed by atoms with van der Waals surface area (Å²) in [6.07, 6.45) is 9.80. The van der Waals surface area contributed by atoms with Crippen LogP contribution in [0.4, 0.5) is 0 Å². The van der Waals surface area contributed by atoms with Crippen LogP contribution >= 0.6 is 0 Å². The molecule has 12 nitrogen and oxygen atoms in total. The zero-order valence-corrected chi connectivity index (χ0v) is 27.4. The van der Waals surface area contributed by atoms with Crippen molar-refractivity contribution in [3.8, 4) is 0 Å². The molecular weight excluding hydrogens is 572 g/mol. The van der Waals surface area contributed by atoms with Crippen molar-refractivity contribution in [1.29, 1.82) is 0 Å². The Kier molecular flexibility index (Phi) is 32.6. The van der Waals surface area contributed by atoms with Gasteiger partial charge in [0.2, 0.25) is 10.4 Å². The Morgan fingerprint density at radius 3 is 1.71 bits per heavy atom. The first kappa shape index (κ1) is 44.6. The molecule has 0 rings (SSSR count). The minimum Gasteiger partial charge on any atom is -0.726 e. The number of ether oxygens (including phenoxy) is 3. The Hall–Kier alpha value is -1.80. The van der Waals surface area contributed by atoms with Crippen LogP contribution in [0.1, 0.15) is 112 Å². The summed E-state index contributed by atoms with van der Waals surface area (Å²) in [5.74, 6) is -1.13. The molecule has 0 saturated heterocycles. The second kappa shape index (κ2) is 30.7. The average Bonchev–Trinajstić information content (AvgIpc) is 2.93.